The van der Waals surface area contributed by atoms with E-state index in [4.69, 9.17) is 0 Å². The van der Waals surface area contributed by atoms with Crippen LogP contribution < -0.4 is 19.6 Å². The third-order valence-electron chi connectivity index (χ3n) is 11.7. The van der Waals surface area contributed by atoms with Crippen LogP contribution in [0.25, 0.3) is 0 Å². The monoisotopic (exact) mass is 838 g/mol. The molecule has 0 heterocycles. The van der Waals surface area contributed by atoms with Gasteiger partial charge < -0.3 is 19.6 Å². The maximum atomic E-state index is 2.41. The van der Waals surface area contributed by atoms with Crippen molar-refractivity contribution in [2.45, 2.75) is 19.3 Å². The van der Waals surface area contributed by atoms with Crippen molar-refractivity contribution in [3.8, 4) is 0 Å². The molecule has 0 spiro atoms. The molecular formula is C61H50N4. The Bertz CT molecular complexity index is 2770. The van der Waals surface area contributed by atoms with Crippen molar-refractivity contribution >= 4 is 62.6 Å². The topological polar surface area (TPSA) is 13.0 Å². The van der Waals surface area contributed by atoms with Crippen LogP contribution in [0.4, 0.5) is 62.6 Å². The molecule has 0 N–H and O–H groups in total. The summed E-state index contributed by atoms with van der Waals surface area (Å²) in [5.74, 6) is 0. The SMILES string of the molecule is C1=CC(N(c2ccccc2)c2cc(Cc3cc(N(c4ccccc4)c4ccccc4)cc(N(c4ccccc4)c4ccccc4)c3)cc(N(c3ccccc3)c3ccccc3)c2)=CCC1. The fraction of sp³-hybridized carbons (Fsp3) is 0.0492. The Morgan fingerprint density at radius 2 is 0.523 bits per heavy atom. The predicted molar refractivity (Wildman–Crippen MR) is 275 cm³/mol. The van der Waals surface area contributed by atoms with Gasteiger partial charge in [0.05, 0.1) is 0 Å². The number of allylic oxidation sites excluding steroid dienone is 3. The molecule has 0 saturated carbocycles. The highest BCUT2D eigenvalue weighted by Crippen LogP contribution is 2.44. The summed E-state index contributed by atoms with van der Waals surface area (Å²) in [4.78, 5) is 9.53. The summed E-state index contributed by atoms with van der Waals surface area (Å²) in [7, 11) is 0. The highest BCUT2D eigenvalue weighted by molar-refractivity contribution is 5.85. The molecule has 0 saturated heterocycles. The van der Waals surface area contributed by atoms with Crippen LogP contribution >= 0.6 is 0 Å². The third-order valence-corrected chi connectivity index (χ3v) is 11.7. The Kier molecular flexibility index (Phi) is 12.1. The molecule has 0 atom stereocenters. The number of benzene rings is 9. The van der Waals surface area contributed by atoms with Gasteiger partial charge in [0.15, 0.2) is 0 Å². The van der Waals surface area contributed by atoms with Gasteiger partial charge >= 0.3 is 0 Å². The van der Waals surface area contributed by atoms with Gasteiger partial charge in [0.2, 0.25) is 0 Å². The lowest BCUT2D eigenvalue weighted by Crippen LogP contribution is -2.18. The second-order valence-corrected chi connectivity index (χ2v) is 16.2. The second kappa shape index (κ2) is 19.4. The molecule has 9 aromatic rings. The highest BCUT2D eigenvalue weighted by Gasteiger charge is 2.22. The van der Waals surface area contributed by atoms with E-state index in [-0.39, 0.29) is 0 Å². The molecule has 1 aliphatic rings. The van der Waals surface area contributed by atoms with E-state index in [0.29, 0.717) is 6.42 Å². The fourth-order valence-electron chi connectivity index (χ4n) is 8.86. The zero-order valence-corrected chi connectivity index (χ0v) is 36.3. The third kappa shape index (κ3) is 9.25. The van der Waals surface area contributed by atoms with E-state index in [1.807, 2.05) is 0 Å². The molecular weight excluding hydrogens is 789 g/mol. The lowest BCUT2D eigenvalue weighted by molar-refractivity contribution is 0.996. The van der Waals surface area contributed by atoms with Crippen LogP contribution in [-0.4, -0.2) is 0 Å². The summed E-state index contributed by atoms with van der Waals surface area (Å²) in [6.45, 7) is 0. The molecule has 4 nitrogen and oxygen atoms in total. The Balaban J connectivity index is 1.20. The van der Waals surface area contributed by atoms with Gasteiger partial charge in [-0.25, -0.2) is 0 Å². The average Bonchev–Trinajstić information content (AvgIpc) is 3.37. The van der Waals surface area contributed by atoms with Gasteiger partial charge in [-0.15, -0.1) is 0 Å². The molecule has 65 heavy (non-hydrogen) atoms. The van der Waals surface area contributed by atoms with Crippen LogP contribution in [0.1, 0.15) is 24.0 Å². The Hall–Kier alpha value is -8.34. The van der Waals surface area contributed by atoms with Crippen LogP contribution in [0.15, 0.2) is 273 Å². The number of nitrogens with zero attached hydrogens (tertiary/aromatic N) is 4. The van der Waals surface area contributed by atoms with Crippen molar-refractivity contribution in [1.29, 1.82) is 0 Å². The zero-order chi connectivity index (χ0) is 43.6. The van der Waals surface area contributed by atoms with Gasteiger partial charge in [-0.3, -0.25) is 0 Å². The standard InChI is InChI=1S/C61H50N4/c1-9-25-50(26-10-1)62(51-27-11-2-12-28-51)58-42-48(43-59(46-58)63(52-29-13-3-14-30-52)53-31-15-4-16-32-53)41-49-44-60(64(54-33-17-5-18-34-54)55-35-19-6-20-36-55)47-61(45-49)65(56-37-21-7-22-38-56)57-39-23-8-24-40-57/h1-7,9-23,25-40,42-47H,8,24,41H2. The molecule has 0 fully saturated rings. The largest absolute Gasteiger partial charge is 0.311 e. The molecule has 0 aromatic heterocycles. The van der Waals surface area contributed by atoms with E-state index in [2.05, 4.69) is 287 Å². The first-order chi connectivity index (χ1) is 32.2. The van der Waals surface area contributed by atoms with E-state index in [1.165, 1.54) is 16.8 Å². The molecule has 1 aliphatic carbocycles. The lowest BCUT2D eigenvalue weighted by Gasteiger charge is -2.31. The summed E-state index contributed by atoms with van der Waals surface area (Å²) < 4.78 is 0. The van der Waals surface area contributed by atoms with E-state index in [0.717, 1.165) is 75.4 Å². The van der Waals surface area contributed by atoms with Crippen LogP contribution in [0.3, 0.4) is 0 Å². The molecule has 10 rings (SSSR count). The van der Waals surface area contributed by atoms with Crippen molar-refractivity contribution in [2.24, 2.45) is 0 Å². The summed E-state index contributed by atoms with van der Waals surface area (Å²) in [6, 6.07) is 89.1. The first-order valence-corrected chi connectivity index (χ1v) is 22.5. The number of hydrogen-bond donors (Lipinski definition) is 0. The molecule has 0 unspecified atom stereocenters. The number of hydrogen-bond acceptors (Lipinski definition) is 4. The van der Waals surface area contributed by atoms with E-state index in [1.54, 1.807) is 0 Å². The van der Waals surface area contributed by atoms with Crippen molar-refractivity contribution < 1.29 is 0 Å². The maximum Gasteiger partial charge on any atom is 0.0485 e. The summed E-state index contributed by atoms with van der Waals surface area (Å²) in [5, 5.41) is 0. The van der Waals surface area contributed by atoms with Gasteiger partial charge in [0, 0.05) is 68.3 Å². The smallest absolute Gasteiger partial charge is 0.0485 e. The quantitative estimate of drug-likeness (QED) is 0.108. The van der Waals surface area contributed by atoms with Crippen LogP contribution in [-0.2, 0) is 6.42 Å². The second-order valence-electron chi connectivity index (χ2n) is 16.2. The molecule has 0 aliphatic heterocycles. The molecule has 9 aromatic carbocycles. The van der Waals surface area contributed by atoms with Gasteiger partial charge in [0.1, 0.15) is 0 Å². The van der Waals surface area contributed by atoms with E-state index >= 15 is 0 Å². The van der Waals surface area contributed by atoms with Crippen LogP contribution in [0, 0.1) is 0 Å². The zero-order valence-electron chi connectivity index (χ0n) is 36.3. The maximum absolute atomic E-state index is 2.41. The lowest BCUT2D eigenvalue weighted by atomic mass is 9.99. The van der Waals surface area contributed by atoms with Crippen LogP contribution in [0.2, 0.25) is 0 Å². The van der Waals surface area contributed by atoms with Crippen LogP contribution in [0.5, 0.6) is 0 Å². The van der Waals surface area contributed by atoms with E-state index in [9.17, 15) is 0 Å². The Labute approximate surface area is 383 Å². The minimum absolute atomic E-state index is 0.672. The number of anilines is 11. The van der Waals surface area contributed by atoms with Crippen molar-refractivity contribution in [3.05, 3.63) is 284 Å². The van der Waals surface area contributed by atoms with Gasteiger partial charge in [-0.1, -0.05) is 140 Å². The average molecular weight is 839 g/mol. The molecule has 4 heteroatoms. The number of rotatable bonds is 14. The summed E-state index contributed by atoms with van der Waals surface area (Å²) in [6.07, 6.45) is 9.64. The van der Waals surface area contributed by atoms with Crippen molar-refractivity contribution in [3.63, 3.8) is 0 Å². The highest BCUT2D eigenvalue weighted by atomic mass is 15.2. The molecule has 0 bridgehead atoms. The normalized spacial score (nSPS) is 12.0. The number of para-hydroxylation sites is 7. The van der Waals surface area contributed by atoms with Crippen molar-refractivity contribution in [2.75, 3.05) is 19.6 Å². The van der Waals surface area contributed by atoms with Gasteiger partial charge in [-0.2, -0.15) is 0 Å². The molecule has 0 radical (unpaired) electrons. The molecule has 0 amide bonds. The van der Waals surface area contributed by atoms with Gasteiger partial charge in [-0.05, 0) is 158 Å². The van der Waals surface area contributed by atoms with Crippen molar-refractivity contribution in [1.82, 2.24) is 0 Å². The predicted octanol–water partition coefficient (Wildman–Crippen LogP) is 17.1. The Morgan fingerprint density at radius 3 is 0.785 bits per heavy atom. The van der Waals surface area contributed by atoms with E-state index < -0.39 is 0 Å². The Morgan fingerprint density at radius 1 is 0.262 bits per heavy atom. The summed E-state index contributed by atoms with van der Waals surface area (Å²) >= 11 is 0. The minimum atomic E-state index is 0.672. The first kappa shape index (κ1) is 40.7. The van der Waals surface area contributed by atoms with Gasteiger partial charge in [0.25, 0.3) is 0 Å². The fourth-order valence-corrected chi connectivity index (χ4v) is 8.86. The molecule has 314 valence electrons. The minimum Gasteiger partial charge on any atom is -0.311 e. The first-order valence-electron chi connectivity index (χ1n) is 22.5. The summed E-state index contributed by atoms with van der Waals surface area (Å²) in [5.41, 5.74) is 15.5.